The van der Waals surface area contributed by atoms with E-state index in [4.69, 9.17) is 23.2 Å². The highest BCUT2D eigenvalue weighted by atomic mass is 35.5. The molecule has 1 aromatic rings. The van der Waals surface area contributed by atoms with E-state index in [1.165, 1.54) is 18.2 Å². The molecule has 0 spiro atoms. The maximum atomic E-state index is 11.8. The summed E-state index contributed by atoms with van der Waals surface area (Å²) in [7, 11) is -3.46. The number of benzene rings is 1. The first kappa shape index (κ1) is 11.2. The predicted octanol–water partition coefficient (Wildman–Crippen LogP) is 2.43. The molecule has 0 aliphatic heterocycles. The SMILES string of the molecule is O=S(=O)(NC1CC1)c1cc(Cl)cc(Cl)c1. The average Bonchev–Trinajstić information content (AvgIpc) is 2.85. The summed E-state index contributed by atoms with van der Waals surface area (Å²) in [5.74, 6) is 0. The van der Waals surface area contributed by atoms with E-state index in [1.54, 1.807) is 0 Å². The second kappa shape index (κ2) is 3.94. The van der Waals surface area contributed by atoms with Gasteiger partial charge >= 0.3 is 0 Å². The van der Waals surface area contributed by atoms with Crippen LogP contribution in [0.2, 0.25) is 10.0 Å². The van der Waals surface area contributed by atoms with Gasteiger partial charge in [-0.25, -0.2) is 13.1 Å². The van der Waals surface area contributed by atoms with Crippen LogP contribution in [0.5, 0.6) is 0 Å². The lowest BCUT2D eigenvalue weighted by Crippen LogP contribution is -2.25. The van der Waals surface area contributed by atoms with E-state index < -0.39 is 10.0 Å². The van der Waals surface area contributed by atoms with Crippen LogP contribution in [-0.4, -0.2) is 14.5 Å². The van der Waals surface area contributed by atoms with Gasteiger partial charge in [0.25, 0.3) is 0 Å². The van der Waals surface area contributed by atoms with Gasteiger partial charge in [-0.2, -0.15) is 0 Å². The molecule has 82 valence electrons. The average molecular weight is 266 g/mol. The van der Waals surface area contributed by atoms with Crippen LogP contribution in [0, 0.1) is 0 Å². The molecule has 0 bridgehead atoms. The van der Waals surface area contributed by atoms with Crippen molar-refractivity contribution in [3.05, 3.63) is 28.2 Å². The van der Waals surface area contributed by atoms with Gasteiger partial charge in [0.2, 0.25) is 10.0 Å². The highest BCUT2D eigenvalue weighted by molar-refractivity contribution is 7.89. The zero-order chi connectivity index (χ0) is 11.1. The molecule has 1 N–H and O–H groups in total. The lowest BCUT2D eigenvalue weighted by atomic mass is 10.4. The predicted molar refractivity (Wildman–Crippen MR) is 59.8 cm³/mol. The summed E-state index contributed by atoms with van der Waals surface area (Å²) in [5, 5.41) is 0.636. The van der Waals surface area contributed by atoms with Crippen LogP contribution < -0.4 is 4.72 Å². The summed E-state index contributed by atoms with van der Waals surface area (Å²) in [6, 6.07) is 4.35. The first-order valence-corrected chi connectivity index (χ1v) is 6.70. The molecule has 1 aliphatic rings. The summed E-state index contributed by atoms with van der Waals surface area (Å²) >= 11 is 11.5. The van der Waals surface area contributed by atoms with Crippen LogP contribution in [0.3, 0.4) is 0 Å². The molecule has 0 radical (unpaired) electrons. The van der Waals surface area contributed by atoms with Crippen molar-refractivity contribution >= 4 is 33.2 Å². The molecule has 0 saturated heterocycles. The lowest BCUT2D eigenvalue weighted by molar-refractivity contribution is 0.581. The third kappa shape index (κ3) is 2.84. The van der Waals surface area contributed by atoms with Gasteiger partial charge < -0.3 is 0 Å². The van der Waals surface area contributed by atoms with Crippen LogP contribution in [0.15, 0.2) is 23.1 Å². The monoisotopic (exact) mass is 265 g/mol. The summed E-state index contributed by atoms with van der Waals surface area (Å²) in [4.78, 5) is 0.118. The molecule has 1 fully saturated rings. The molecule has 0 heterocycles. The van der Waals surface area contributed by atoms with Crippen LogP contribution in [0.1, 0.15) is 12.8 Å². The van der Waals surface area contributed by atoms with E-state index in [0.29, 0.717) is 10.0 Å². The van der Waals surface area contributed by atoms with E-state index in [9.17, 15) is 8.42 Å². The number of hydrogen-bond donors (Lipinski definition) is 1. The molecule has 3 nitrogen and oxygen atoms in total. The van der Waals surface area contributed by atoms with E-state index >= 15 is 0 Å². The smallest absolute Gasteiger partial charge is 0.208 e. The fraction of sp³-hybridized carbons (Fsp3) is 0.333. The van der Waals surface area contributed by atoms with Crippen molar-refractivity contribution in [2.24, 2.45) is 0 Å². The molecule has 2 rings (SSSR count). The van der Waals surface area contributed by atoms with Gasteiger partial charge in [0.15, 0.2) is 0 Å². The molecule has 0 unspecified atom stereocenters. The van der Waals surface area contributed by atoms with Gasteiger partial charge in [0, 0.05) is 16.1 Å². The Balaban J connectivity index is 2.34. The fourth-order valence-electron chi connectivity index (χ4n) is 1.17. The number of nitrogens with one attached hydrogen (secondary N) is 1. The Bertz CT molecular complexity index is 463. The zero-order valence-electron chi connectivity index (χ0n) is 7.70. The van der Waals surface area contributed by atoms with Crippen molar-refractivity contribution in [3.63, 3.8) is 0 Å². The normalized spacial score (nSPS) is 16.7. The highest BCUT2D eigenvalue weighted by Crippen LogP contribution is 2.25. The van der Waals surface area contributed by atoms with E-state index in [1.807, 2.05) is 0 Å². The highest BCUT2D eigenvalue weighted by Gasteiger charge is 2.28. The first-order chi connectivity index (χ1) is 6.97. The Morgan fingerprint density at radius 1 is 1.13 bits per heavy atom. The topological polar surface area (TPSA) is 46.2 Å². The van der Waals surface area contributed by atoms with Crippen molar-refractivity contribution in [1.29, 1.82) is 0 Å². The summed E-state index contributed by atoms with van der Waals surface area (Å²) < 4.78 is 26.1. The van der Waals surface area contributed by atoms with Crippen LogP contribution in [-0.2, 0) is 10.0 Å². The Morgan fingerprint density at radius 2 is 1.67 bits per heavy atom. The number of rotatable bonds is 3. The van der Waals surface area contributed by atoms with Crippen LogP contribution in [0.4, 0.5) is 0 Å². The van der Waals surface area contributed by atoms with Crippen molar-refractivity contribution in [3.8, 4) is 0 Å². The molecular formula is C9H9Cl2NO2S. The van der Waals surface area contributed by atoms with Crippen molar-refractivity contribution in [1.82, 2.24) is 4.72 Å². The van der Waals surface area contributed by atoms with Gasteiger partial charge in [0.05, 0.1) is 4.90 Å². The number of sulfonamides is 1. The second-order valence-electron chi connectivity index (χ2n) is 3.50. The number of hydrogen-bond acceptors (Lipinski definition) is 2. The minimum atomic E-state index is -3.46. The molecule has 15 heavy (non-hydrogen) atoms. The van der Waals surface area contributed by atoms with E-state index in [-0.39, 0.29) is 10.9 Å². The van der Waals surface area contributed by atoms with Crippen molar-refractivity contribution in [2.75, 3.05) is 0 Å². The largest absolute Gasteiger partial charge is 0.240 e. The third-order valence-corrected chi connectivity index (χ3v) is 3.98. The minimum Gasteiger partial charge on any atom is -0.208 e. The van der Waals surface area contributed by atoms with Gasteiger partial charge in [-0.05, 0) is 31.0 Å². The zero-order valence-corrected chi connectivity index (χ0v) is 10.0. The van der Waals surface area contributed by atoms with Crippen LogP contribution >= 0.6 is 23.2 Å². The third-order valence-electron chi connectivity index (χ3n) is 2.05. The summed E-state index contributed by atoms with van der Waals surface area (Å²) in [6.07, 6.45) is 1.79. The molecule has 1 aliphatic carbocycles. The lowest BCUT2D eigenvalue weighted by Gasteiger charge is -2.06. The molecule has 1 aromatic carbocycles. The molecule has 1 saturated carbocycles. The second-order valence-corrected chi connectivity index (χ2v) is 6.09. The molecule has 0 amide bonds. The standard InChI is InChI=1S/C9H9Cl2NO2S/c10-6-3-7(11)5-9(4-6)15(13,14)12-8-1-2-8/h3-5,8,12H,1-2H2. The van der Waals surface area contributed by atoms with Crippen molar-refractivity contribution in [2.45, 2.75) is 23.8 Å². The molecule has 0 aromatic heterocycles. The quantitative estimate of drug-likeness (QED) is 0.913. The van der Waals surface area contributed by atoms with Crippen molar-refractivity contribution < 1.29 is 8.42 Å². The van der Waals surface area contributed by atoms with Gasteiger partial charge in [-0.1, -0.05) is 23.2 Å². The Morgan fingerprint density at radius 3 is 2.13 bits per heavy atom. The van der Waals surface area contributed by atoms with E-state index in [2.05, 4.69) is 4.72 Å². The minimum absolute atomic E-state index is 0.0766. The molecule has 6 heteroatoms. The Kier molecular flexibility index (Phi) is 2.94. The van der Waals surface area contributed by atoms with Gasteiger partial charge in [0.1, 0.15) is 0 Å². The molecule has 0 atom stereocenters. The van der Waals surface area contributed by atoms with Crippen LogP contribution in [0.25, 0.3) is 0 Å². The molecular weight excluding hydrogens is 257 g/mol. The Labute approximate surface area is 98.4 Å². The summed E-state index contributed by atoms with van der Waals surface area (Å²) in [6.45, 7) is 0. The maximum Gasteiger partial charge on any atom is 0.240 e. The van der Waals surface area contributed by atoms with E-state index in [0.717, 1.165) is 12.8 Å². The summed E-state index contributed by atoms with van der Waals surface area (Å²) in [5.41, 5.74) is 0. The Hall–Kier alpha value is -0.290. The fourth-order valence-corrected chi connectivity index (χ4v) is 3.20. The number of halogens is 2. The first-order valence-electron chi connectivity index (χ1n) is 4.46. The van der Waals surface area contributed by atoms with Gasteiger partial charge in [-0.3, -0.25) is 0 Å². The maximum absolute atomic E-state index is 11.8. The van der Waals surface area contributed by atoms with Gasteiger partial charge in [-0.15, -0.1) is 0 Å².